The molecule has 0 fully saturated rings. The second kappa shape index (κ2) is 4.93. The van der Waals surface area contributed by atoms with E-state index >= 15 is 0 Å². The molecule has 0 aliphatic rings. The zero-order chi connectivity index (χ0) is 10.6. The van der Waals surface area contributed by atoms with Crippen LogP contribution in [-0.2, 0) is 11.4 Å². The first kappa shape index (κ1) is 10.9. The summed E-state index contributed by atoms with van der Waals surface area (Å²) in [6, 6.07) is 0. The molecule has 1 N–H and O–H groups in total. The van der Waals surface area contributed by atoms with Crippen molar-refractivity contribution < 1.29 is 9.57 Å². The van der Waals surface area contributed by atoms with Gasteiger partial charge in [-0.05, 0) is 13.8 Å². The van der Waals surface area contributed by atoms with Crippen LogP contribution in [0.1, 0.15) is 16.8 Å². The molecule has 0 aliphatic heterocycles. The molecule has 4 heteroatoms. The number of hydrogen-bond donors (Lipinski definition) is 1. The molecule has 0 saturated heterocycles. The van der Waals surface area contributed by atoms with E-state index in [2.05, 4.69) is 10.5 Å². The van der Waals surface area contributed by atoms with E-state index in [1.807, 2.05) is 13.8 Å². The Kier molecular flexibility index (Phi) is 3.85. The monoisotopic (exact) mass is 196 g/mol. The summed E-state index contributed by atoms with van der Waals surface area (Å²) in [5.41, 5.74) is 5.80. The maximum atomic E-state index is 5.29. The molecule has 0 radical (unpaired) electrons. The third kappa shape index (κ3) is 2.21. The molecule has 1 rings (SSSR count). The molecule has 14 heavy (non-hydrogen) atoms. The number of ether oxygens (including phenoxy) is 1. The van der Waals surface area contributed by atoms with E-state index in [9.17, 15) is 0 Å². The van der Waals surface area contributed by atoms with Gasteiger partial charge in [0.2, 0.25) is 0 Å². The Labute approximate surface area is 84.2 Å². The number of rotatable bonds is 4. The molecule has 0 aromatic carbocycles. The van der Waals surface area contributed by atoms with Crippen LogP contribution in [0.4, 0.5) is 0 Å². The predicted molar refractivity (Wildman–Crippen MR) is 54.1 cm³/mol. The topological polar surface area (TPSA) is 43.4 Å². The molecule has 0 bridgehead atoms. The molecule has 0 spiro atoms. The first-order chi connectivity index (χ1) is 6.70. The minimum atomic E-state index is 0.582. The van der Waals surface area contributed by atoms with Gasteiger partial charge in [0.15, 0.2) is 0 Å². The number of hydroxylamine groups is 1. The molecular formula is C10H16N2O2. The maximum Gasteiger partial charge on any atom is 0.128 e. The molecule has 0 atom stereocenters. The summed E-state index contributed by atoms with van der Waals surface area (Å²) in [6.07, 6.45) is 1.80. The smallest absolute Gasteiger partial charge is 0.128 e. The van der Waals surface area contributed by atoms with E-state index in [-0.39, 0.29) is 0 Å². The van der Waals surface area contributed by atoms with Crippen molar-refractivity contribution in [3.63, 3.8) is 0 Å². The fraction of sp³-hybridized carbons (Fsp3) is 0.500. The summed E-state index contributed by atoms with van der Waals surface area (Å²) < 4.78 is 5.29. The number of methoxy groups -OCH3 is 1. The number of aromatic nitrogens is 1. The van der Waals surface area contributed by atoms with Gasteiger partial charge in [-0.1, -0.05) is 0 Å². The Balaban J connectivity index is 2.96. The summed E-state index contributed by atoms with van der Waals surface area (Å²) in [5, 5.41) is 0. The van der Waals surface area contributed by atoms with Gasteiger partial charge in [-0.3, -0.25) is 4.98 Å². The van der Waals surface area contributed by atoms with Crippen molar-refractivity contribution in [1.29, 1.82) is 0 Å². The number of pyridine rings is 1. The van der Waals surface area contributed by atoms with Gasteiger partial charge in [-0.25, -0.2) is 0 Å². The van der Waals surface area contributed by atoms with Gasteiger partial charge in [-0.2, -0.15) is 5.48 Å². The highest BCUT2D eigenvalue weighted by molar-refractivity contribution is 5.40. The van der Waals surface area contributed by atoms with E-state index in [4.69, 9.17) is 9.57 Å². The SMILES string of the molecule is CONCc1ncc(C)c(OC)c1C. The van der Waals surface area contributed by atoms with Gasteiger partial charge in [0.05, 0.1) is 26.5 Å². The minimum absolute atomic E-state index is 0.582. The van der Waals surface area contributed by atoms with Gasteiger partial charge in [0.25, 0.3) is 0 Å². The Bertz CT molecular complexity index is 313. The predicted octanol–water partition coefficient (Wildman–Crippen LogP) is 1.36. The highest BCUT2D eigenvalue weighted by Crippen LogP contribution is 2.23. The fourth-order valence-electron chi connectivity index (χ4n) is 1.39. The van der Waals surface area contributed by atoms with Crippen molar-refractivity contribution in [3.8, 4) is 5.75 Å². The molecular weight excluding hydrogens is 180 g/mol. The standard InChI is InChI=1S/C10H16N2O2/c1-7-5-11-9(6-12-14-4)8(2)10(7)13-3/h5,12H,6H2,1-4H3. The van der Waals surface area contributed by atoms with Gasteiger partial charge >= 0.3 is 0 Å². The average Bonchev–Trinajstić information content (AvgIpc) is 2.18. The molecule has 0 unspecified atom stereocenters. The van der Waals surface area contributed by atoms with Gasteiger partial charge < -0.3 is 9.57 Å². The van der Waals surface area contributed by atoms with Crippen molar-refractivity contribution in [1.82, 2.24) is 10.5 Å². The maximum absolute atomic E-state index is 5.29. The van der Waals surface area contributed by atoms with Gasteiger partial charge in [0, 0.05) is 17.3 Å². The molecule has 1 heterocycles. The van der Waals surface area contributed by atoms with Crippen LogP contribution in [-0.4, -0.2) is 19.2 Å². The van der Waals surface area contributed by atoms with Crippen LogP contribution >= 0.6 is 0 Å². The average molecular weight is 196 g/mol. The number of aryl methyl sites for hydroxylation is 1. The molecule has 0 amide bonds. The zero-order valence-corrected chi connectivity index (χ0v) is 9.05. The van der Waals surface area contributed by atoms with Crippen molar-refractivity contribution in [2.45, 2.75) is 20.4 Å². The third-order valence-corrected chi connectivity index (χ3v) is 2.13. The molecule has 0 aliphatic carbocycles. The van der Waals surface area contributed by atoms with Crippen LogP contribution in [0, 0.1) is 13.8 Å². The van der Waals surface area contributed by atoms with E-state index in [1.165, 1.54) is 0 Å². The molecule has 1 aromatic rings. The Hall–Kier alpha value is -1.13. The van der Waals surface area contributed by atoms with Crippen LogP contribution < -0.4 is 10.2 Å². The van der Waals surface area contributed by atoms with E-state index in [0.717, 1.165) is 22.6 Å². The number of hydrogen-bond acceptors (Lipinski definition) is 4. The fourth-order valence-corrected chi connectivity index (χ4v) is 1.39. The molecule has 4 nitrogen and oxygen atoms in total. The van der Waals surface area contributed by atoms with Crippen LogP contribution in [0.15, 0.2) is 6.20 Å². The van der Waals surface area contributed by atoms with Gasteiger partial charge in [0.1, 0.15) is 5.75 Å². The lowest BCUT2D eigenvalue weighted by Crippen LogP contribution is -2.13. The highest BCUT2D eigenvalue weighted by Gasteiger charge is 2.08. The minimum Gasteiger partial charge on any atom is -0.496 e. The first-order valence-electron chi connectivity index (χ1n) is 4.45. The lowest BCUT2D eigenvalue weighted by molar-refractivity contribution is 0.0856. The molecule has 78 valence electrons. The molecule has 0 saturated carbocycles. The summed E-state index contributed by atoms with van der Waals surface area (Å²) in [6.45, 7) is 4.55. The van der Waals surface area contributed by atoms with Crippen LogP contribution in [0.25, 0.3) is 0 Å². The van der Waals surface area contributed by atoms with Crippen molar-refractivity contribution in [3.05, 3.63) is 23.0 Å². The number of nitrogens with zero attached hydrogens (tertiary/aromatic N) is 1. The van der Waals surface area contributed by atoms with E-state index in [0.29, 0.717) is 6.54 Å². The van der Waals surface area contributed by atoms with Crippen LogP contribution in [0.5, 0.6) is 5.75 Å². The van der Waals surface area contributed by atoms with Crippen molar-refractivity contribution >= 4 is 0 Å². The second-order valence-corrected chi connectivity index (χ2v) is 3.07. The quantitative estimate of drug-likeness (QED) is 0.738. The second-order valence-electron chi connectivity index (χ2n) is 3.07. The summed E-state index contributed by atoms with van der Waals surface area (Å²) in [4.78, 5) is 9.08. The summed E-state index contributed by atoms with van der Waals surface area (Å²) in [5.74, 6) is 0.896. The number of nitrogens with one attached hydrogen (secondary N) is 1. The summed E-state index contributed by atoms with van der Waals surface area (Å²) >= 11 is 0. The van der Waals surface area contributed by atoms with Gasteiger partial charge in [-0.15, -0.1) is 0 Å². The lowest BCUT2D eigenvalue weighted by atomic mass is 10.1. The lowest BCUT2D eigenvalue weighted by Gasteiger charge is -2.11. The van der Waals surface area contributed by atoms with Crippen LogP contribution in [0.3, 0.4) is 0 Å². The van der Waals surface area contributed by atoms with E-state index < -0.39 is 0 Å². The molecule has 1 aromatic heterocycles. The Morgan fingerprint density at radius 1 is 1.36 bits per heavy atom. The largest absolute Gasteiger partial charge is 0.496 e. The highest BCUT2D eigenvalue weighted by atomic mass is 16.6. The van der Waals surface area contributed by atoms with Crippen molar-refractivity contribution in [2.75, 3.05) is 14.2 Å². The normalized spacial score (nSPS) is 10.3. The zero-order valence-electron chi connectivity index (χ0n) is 9.05. The van der Waals surface area contributed by atoms with Crippen LogP contribution in [0.2, 0.25) is 0 Å². The van der Waals surface area contributed by atoms with Crippen molar-refractivity contribution in [2.24, 2.45) is 0 Å². The van der Waals surface area contributed by atoms with E-state index in [1.54, 1.807) is 20.4 Å². The summed E-state index contributed by atoms with van der Waals surface area (Å²) in [7, 11) is 3.25. The third-order valence-electron chi connectivity index (χ3n) is 2.13. The first-order valence-corrected chi connectivity index (χ1v) is 4.45. The Morgan fingerprint density at radius 2 is 2.07 bits per heavy atom. The Morgan fingerprint density at radius 3 is 2.64 bits per heavy atom.